The predicted molar refractivity (Wildman–Crippen MR) is 113 cm³/mol. The summed E-state index contributed by atoms with van der Waals surface area (Å²) in [4.78, 5) is 12.6. The molecule has 0 bridgehead atoms. The number of rotatable bonds is 7. The molecule has 0 unspecified atom stereocenters. The Labute approximate surface area is 170 Å². The summed E-state index contributed by atoms with van der Waals surface area (Å²) in [5.41, 5.74) is 3.31. The molecule has 0 heterocycles. The summed E-state index contributed by atoms with van der Waals surface area (Å²) in [5, 5.41) is 3.06. The Balaban J connectivity index is 2.11. The minimum absolute atomic E-state index is 0.128. The van der Waals surface area contributed by atoms with Gasteiger partial charge in [-0.05, 0) is 79.8 Å². The van der Waals surface area contributed by atoms with Gasteiger partial charge in [0.15, 0.2) is 6.10 Å². The fourth-order valence-corrected chi connectivity index (χ4v) is 3.25. The molecule has 1 amide bonds. The Bertz CT molecular complexity index is 787. The molecule has 0 aromatic heterocycles. The highest BCUT2D eigenvalue weighted by Gasteiger charge is 2.20. The third kappa shape index (κ3) is 5.48. The number of carbonyl (C=O) groups is 1. The number of carbonyl (C=O) groups excluding carboxylic acids is 1. The zero-order valence-corrected chi connectivity index (χ0v) is 18.4. The van der Waals surface area contributed by atoms with E-state index in [0.29, 0.717) is 11.7 Å². The highest BCUT2D eigenvalue weighted by atomic mass is 79.9. The van der Waals surface area contributed by atoms with Crippen LogP contribution in [0.5, 0.6) is 11.5 Å². The molecule has 0 spiro atoms. The van der Waals surface area contributed by atoms with E-state index < -0.39 is 6.10 Å². The Hall–Kier alpha value is -2.01. The second-order valence-corrected chi connectivity index (χ2v) is 7.97. The van der Waals surface area contributed by atoms with Gasteiger partial charge < -0.3 is 14.8 Å². The summed E-state index contributed by atoms with van der Waals surface area (Å²) in [5.74, 6) is 1.74. The van der Waals surface area contributed by atoms with E-state index in [1.54, 1.807) is 14.0 Å². The molecule has 2 atom stereocenters. The molecule has 0 radical (unpaired) electrons. The van der Waals surface area contributed by atoms with Crippen molar-refractivity contribution in [2.24, 2.45) is 0 Å². The van der Waals surface area contributed by atoms with Crippen molar-refractivity contribution in [1.29, 1.82) is 0 Å². The van der Waals surface area contributed by atoms with Crippen LogP contribution in [0.25, 0.3) is 0 Å². The maximum atomic E-state index is 12.6. The third-order valence-electron chi connectivity index (χ3n) is 4.56. The van der Waals surface area contributed by atoms with Gasteiger partial charge in [-0.1, -0.05) is 29.8 Å². The highest BCUT2D eigenvalue weighted by Crippen LogP contribution is 2.32. The fourth-order valence-electron chi connectivity index (χ4n) is 2.99. The van der Waals surface area contributed by atoms with Gasteiger partial charge in [-0.3, -0.25) is 4.79 Å². The molecular formula is C22H28BrNO3. The van der Waals surface area contributed by atoms with Gasteiger partial charge in [-0.15, -0.1) is 0 Å². The molecule has 146 valence electrons. The van der Waals surface area contributed by atoms with E-state index in [9.17, 15) is 4.79 Å². The van der Waals surface area contributed by atoms with Gasteiger partial charge in [0.2, 0.25) is 0 Å². The lowest BCUT2D eigenvalue weighted by atomic mass is 9.93. The smallest absolute Gasteiger partial charge is 0.261 e. The number of hydrogen-bond donors (Lipinski definition) is 1. The van der Waals surface area contributed by atoms with Crippen LogP contribution in [0.3, 0.4) is 0 Å². The molecule has 4 nitrogen and oxygen atoms in total. The van der Waals surface area contributed by atoms with Gasteiger partial charge in [-0.25, -0.2) is 0 Å². The number of aryl methyl sites for hydroxylation is 1. The monoisotopic (exact) mass is 433 g/mol. The molecule has 0 aliphatic heterocycles. The first-order valence-corrected chi connectivity index (χ1v) is 9.93. The molecule has 5 heteroatoms. The van der Waals surface area contributed by atoms with Crippen molar-refractivity contribution in [2.75, 3.05) is 7.11 Å². The molecule has 2 rings (SSSR count). The minimum atomic E-state index is -0.586. The number of halogens is 1. The van der Waals surface area contributed by atoms with E-state index in [4.69, 9.17) is 9.47 Å². The molecule has 0 fully saturated rings. The Morgan fingerprint density at radius 2 is 1.67 bits per heavy atom. The molecule has 2 aromatic rings. The van der Waals surface area contributed by atoms with Gasteiger partial charge in [0.1, 0.15) is 11.5 Å². The second-order valence-electron chi connectivity index (χ2n) is 7.05. The molecule has 0 aliphatic rings. The topological polar surface area (TPSA) is 47.6 Å². The summed E-state index contributed by atoms with van der Waals surface area (Å²) in [6, 6.07) is 11.5. The summed E-state index contributed by atoms with van der Waals surface area (Å²) in [7, 11) is 1.69. The van der Waals surface area contributed by atoms with Crippen LogP contribution in [-0.2, 0) is 4.79 Å². The van der Waals surface area contributed by atoms with Crippen molar-refractivity contribution < 1.29 is 14.3 Å². The Morgan fingerprint density at radius 1 is 1.04 bits per heavy atom. The van der Waals surface area contributed by atoms with E-state index in [-0.39, 0.29) is 11.9 Å². The van der Waals surface area contributed by atoms with Gasteiger partial charge in [-0.2, -0.15) is 0 Å². The van der Waals surface area contributed by atoms with E-state index in [0.717, 1.165) is 26.9 Å². The zero-order chi connectivity index (χ0) is 20.1. The van der Waals surface area contributed by atoms with Crippen LogP contribution in [0.1, 0.15) is 56.3 Å². The van der Waals surface area contributed by atoms with E-state index >= 15 is 0 Å². The lowest BCUT2D eigenvalue weighted by Gasteiger charge is -2.22. The zero-order valence-electron chi connectivity index (χ0n) is 16.8. The van der Waals surface area contributed by atoms with Gasteiger partial charge in [0, 0.05) is 4.47 Å². The maximum absolute atomic E-state index is 12.6. The molecule has 0 aliphatic carbocycles. The fraction of sp³-hybridized carbons (Fsp3) is 0.409. The van der Waals surface area contributed by atoms with Crippen LogP contribution in [0, 0.1) is 6.92 Å². The quantitative estimate of drug-likeness (QED) is 0.623. The average Bonchev–Trinajstić information content (AvgIpc) is 2.62. The van der Waals surface area contributed by atoms with Gasteiger partial charge in [0.25, 0.3) is 5.91 Å². The number of methoxy groups -OCH3 is 1. The average molecular weight is 434 g/mol. The lowest BCUT2D eigenvalue weighted by Crippen LogP contribution is -2.38. The van der Waals surface area contributed by atoms with E-state index in [1.165, 1.54) is 0 Å². The first-order chi connectivity index (χ1) is 12.7. The van der Waals surface area contributed by atoms with Gasteiger partial charge in [0.05, 0.1) is 13.2 Å². The number of ether oxygens (including phenoxy) is 2. The summed E-state index contributed by atoms with van der Waals surface area (Å²) < 4.78 is 12.2. The van der Waals surface area contributed by atoms with Crippen LogP contribution in [0.15, 0.2) is 40.9 Å². The summed E-state index contributed by atoms with van der Waals surface area (Å²) in [6.45, 7) is 10.0. The number of hydrogen-bond acceptors (Lipinski definition) is 3. The Morgan fingerprint density at radius 3 is 2.22 bits per heavy atom. The van der Waals surface area contributed by atoms with Crippen LogP contribution in [0.2, 0.25) is 0 Å². The maximum Gasteiger partial charge on any atom is 0.261 e. The molecule has 0 saturated carbocycles. The second kappa shape index (κ2) is 9.27. The van der Waals surface area contributed by atoms with Gasteiger partial charge >= 0.3 is 0 Å². The summed E-state index contributed by atoms with van der Waals surface area (Å²) >= 11 is 3.39. The third-order valence-corrected chi connectivity index (χ3v) is 5.09. The van der Waals surface area contributed by atoms with Crippen molar-refractivity contribution >= 4 is 21.8 Å². The van der Waals surface area contributed by atoms with Crippen molar-refractivity contribution in [1.82, 2.24) is 5.32 Å². The molecule has 27 heavy (non-hydrogen) atoms. The number of nitrogens with one attached hydrogen (secondary N) is 1. The number of amides is 1. The predicted octanol–water partition coefficient (Wildman–Crippen LogP) is 5.53. The van der Waals surface area contributed by atoms with Crippen LogP contribution < -0.4 is 14.8 Å². The lowest BCUT2D eigenvalue weighted by molar-refractivity contribution is -0.127. The molecule has 2 aromatic carbocycles. The number of benzene rings is 2. The largest absolute Gasteiger partial charge is 0.496 e. The normalized spacial score (nSPS) is 13.2. The van der Waals surface area contributed by atoms with Crippen molar-refractivity contribution in [3.63, 3.8) is 0 Å². The SMILES string of the molecule is COc1cc(C)c([C@@H](C)NC(=O)[C@@H](C)Oc2ccc(Br)cc2)cc1C(C)C. The molecule has 0 saturated heterocycles. The first kappa shape index (κ1) is 21.3. The van der Waals surface area contributed by atoms with Crippen molar-refractivity contribution in [2.45, 2.75) is 52.7 Å². The molecule has 1 N–H and O–H groups in total. The first-order valence-electron chi connectivity index (χ1n) is 9.14. The summed E-state index contributed by atoms with van der Waals surface area (Å²) in [6.07, 6.45) is -0.586. The Kier molecular flexibility index (Phi) is 7.31. The minimum Gasteiger partial charge on any atom is -0.496 e. The van der Waals surface area contributed by atoms with E-state index in [1.807, 2.05) is 44.2 Å². The van der Waals surface area contributed by atoms with Crippen molar-refractivity contribution in [3.8, 4) is 11.5 Å². The highest BCUT2D eigenvalue weighted by molar-refractivity contribution is 9.10. The van der Waals surface area contributed by atoms with Crippen LogP contribution in [-0.4, -0.2) is 19.1 Å². The molecular weight excluding hydrogens is 406 g/mol. The van der Waals surface area contributed by atoms with Crippen molar-refractivity contribution in [3.05, 3.63) is 57.6 Å². The van der Waals surface area contributed by atoms with Crippen LogP contribution >= 0.6 is 15.9 Å². The standard InChI is InChI=1S/C22H28BrNO3/c1-13(2)19-12-20(14(3)11-21(19)26-6)15(4)24-22(25)16(5)27-18-9-7-17(23)8-10-18/h7-13,15-16H,1-6H3,(H,24,25)/t15-,16-/m1/s1. The van der Waals surface area contributed by atoms with E-state index in [2.05, 4.69) is 41.2 Å². The van der Waals surface area contributed by atoms with Crippen LogP contribution in [0.4, 0.5) is 0 Å².